The summed E-state index contributed by atoms with van der Waals surface area (Å²) in [5.74, 6) is -0.113. The molecule has 5 heteroatoms. The van der Waals surface area contributed by atoms with Crippen molar-refractivity contribution in [1.82, 2.24) is 0 Å². The molecule has 0 saturated heterocycles. The van der Waals surface area contributed by atoms with Gasteiger partial charge in [0.05, 0.1) is 11.3 Å². The van der Waals surface area contributed by atoms with Crippen molar-refractivity contribution in [3.05, 3.63) is 71.4 Å². The molecule has 0 unspecified atom stereocenters. The summed E-state index contributed by atoms with van der Waals surface area (Å²) in [5, 5.41) is 6.35. The normalized spacial score (nSPS) is 17.9. The van der Waals surface area contributed by atoms with Gasteiger partial charge in [0.1, 0.15) is 0 Å². The van der Waals surface area contributed by atoms with Crippen LogP contribution in [-0.2, 0) is 14.3 Å². The summed E-state index contributed by atoms with van der Waals surface area (Å²) >= 11 is 0. The zero-order valence-electron chi connectivity index (χ0n) is 15.4. The monoisotopic (exact) mass is 362 g/mol. The number of hydrogen-bond donors (Lipinski definition) is 2. The number of allylic oxidation sites excluding steroid dienone is 1. The highest BCUT2D eigenvalue weighted by Gasteiger charge is 2.30. The van der Waals surface area contributed by atoms with Gasteiger partial charge in [-0.25, -0.2) is 0 Å². The number of anilines is 2. The van der Waals surface area contributed by atoms with Gasteiger partial charge in [-0.3, -0.25) is 4.79 Å². The van der Waals surface area contributed by atoms with Crippen molar-refractivity contribution >= 4 is 28.4 Å². The van der Waals surface area contributed by atoms with E-state index in [1.165, 1.54) is 0 Å². The summed E-state index contributed by atoms with van der Waals surface area (Å²) in [5.41, 5.74) is 5.95. The molecular formula is C22H22N2O3. The Morgan fingerprint density at radius 1 is 0.852 bits per heavy atom. The van der Waals surface area contributed by atoms with Gasteiger partial charge < -0.3 is 20.1 Å². The number of carbonyl (C=O) groups is 1. The predicted octanol–water partition coefficient (Wildman–Crippen LogP) is 4.26. The lowest BCUT2D eigenvalue weighted by atomic mass is 9.95. The van der Waals surface area contributed by atoms with Crippen LogP contribution in [0.2, 0.25) is 0 Å². The summed E-state index contributed by atoms with van der Waals surface area (Å²) < 4.78 is 11.7. The zero-order chi connectivity index (χ0) is 18.8. The van der Waals surface area contributed by atoms with Crippen LogP contribution in [0.5, 0.6) is 0 Å². The Hall–Kier alpha value is -2.89. The molecule has 2 heterocycles. The van der Waals surface area contributed by atoms with Gasteiger partial charge in [-0.05, 0) is 32.1 Å². The molecule has 0 radical (unpaired) electrons. The first-order chi connectivity index (χ1) is 13.2. The van der Waals surface area contributed by atoms with E-state index in [0.29, 0.717) is 18.8 Å². The predicted molar refractivity (Wildman–Crippen MR) is 107 cm³/mol. The van der Waals surface area contributed by atoms with Gasteiger partial charge >= 0.3 is 0 Å². The third-order valence-corrected chi connectivity index (χ3v) is 4.64. The van der Waals surface area contributed by atoms with Gasteiger partial charge in [-0.2, -0.15) is 0 Å². The quantitative estimate of drug-likeness (QED) is 0.616. The maximum Gasteiger partial charge on any atom is 0.258 e. The molecule has 138 valence electrons. The fourth-order valence-corrected chi connectivity index (χ4v) is 3.50. The standard InChI is InChI=1S/C22H22N2O3/c1-3-26-22(27-4-2)16-13-19(23-17-11-7-5-9-14(16)17)20-15-10-6-8-12-18(15)24-21(20)25/h5-13,22-23H,3-4H2,1-2H3,(H,24,25). The van der Waals surface area contributed by atoms with Crippen LogP contribution in [0.15, 0.2) is 60.3 Å². The van der Waals surface area contributed by atoms with E-state index in [-0.39, 0.29) is 5.91 Å². The third kappa shape index (κ3) is 3.16. The molecule has 0 aliphatic carbocycles. The molecule has 5 nitrogen and oxygen atoms in total. The molecule has 0 spiro atoms. The Bertz CT molecular complexity index is 940. The number of amides is 1. The summed E-state index contributed by atoms with van der Waals surface area (Å²) in [7, 11) is 0. The maximum absolute atomic E-state index is 12.7. The highest BCUT2D eigenvalue weighted by molar-refractivity contribution is 6.33. The molecule has 1 amide bonds. The smallest absolute Gasteiger partial charge is 0.258 e. The van der Waals surface area contributed by atoms with Gasteiger partial charge in [0, 0.05) is 41.3 Å². The second-order valence-electron chi connectivity index (χ2n) is 6.30. The van der Waals surface area contributed by atoms with Gasteiger partial charge in [0.15, 0.2) is 6.29 Å². The highest BCUT2D eigenvalue weighted by atomic mass is 16.7. The number of nitrogens with one attached hydrogen (secondary N) is 2. The van der Waals surface area contributed by atoms with Gasteiger partial charge in [-0.1, -0.05) is 36.4 Å². The maximum atomic E-state index is 12.7. The van der Waals surface area contributed by atoms with Crippen LogP contribution in [0.4, 0.5) is 11.4 Å². The fourth-order valence-electron chi connectivity index (χ4n) is 3.50. The summed E-state index contributed by atoms with van der Waals surface area (Å²) in [6.07, 6.45) is 1.48. The molecule has 0 aromatic heterocycles. The van der Waals surface area contributed by atoms with E-state index in [2.05, 4.69) is 10.6 Å². The number of para-hydroxylation sites is 2. The minimum Gasteiger partial charge on any atom is -0.354 e. The topological polar surface area (TPSA) is 59.6 Å². The van der Waals surface area contributed by atoms with E-state index in [0.717, 1.165) is 33.8 Å². The lowest BCUT2D eigenvalue weighted by Crippen LogP contribution is -2.23. The van der Waals surface area contributed by atoms with E-state index in [9.17, 15) is 4.79 Å². The number of ether oxygens (including phenoxy) is 2. The van der Waals surface area contributed by atoms with Crippen LogP contribution in [0.25, 0.3) is 11.1 Å². The van der Waals surface area contributed by atoms with E-state index < -0.39 is 6.29 Å². The largest absolute Gasteiger partial charge is 0.354 e. The SMILES string of the molecule is CCOC(OCC)C1=CC(=C2C(=O)Nc3ccccc32)Nc2ccccc21. The second kappa shape index (κ2) is 7.39. The van der Waals surface area contributed by atoms with Crippen molar-refractivity contribution in [3.63, 3.8) is 0 Å². The highest BCUT2D eigenvalue weighted by Crippen LogP contribution is 2.40. The number of carbonyl (C=O) groups excluding carboxylic acids is 1. The Morgan fingerprint density at radius 3 is 2.11 bits per heavy atom. The minimum atomic E-state index is -0.487. The molecule has 2 aromatic carbocycles. The molecule has 2 aliphatic rings. The third-order valence-electron chi connectivity index (χ3n) is 4.64. The summed E-state index contributed by atoms with van der Waals surface area (Å²) in [6, 6.07) is 15.7. The molecule has 2 aromatic rings. The van der Waals surface area contributed by atoms with Crippen molar-refractivity contribution in [2.75, 3.05) is 23.8 Å². The van der Waals surface area contributed by atoms with Gasteiger partial charge in [0.2, 0.25) is 0 Å². The van der Waals surface area contributed by atoms with Crippen LogP contribution >= 0.6 is 0 Å². The average Bonchev–Trinajstić information content (AvgIpc) is 3.02. The summed E-state index contributed by atoms with van der Waals surface area (Å²) in [4.78, 5) is 12.7. The average molecular weight is 362 g/mol. The van der Waals surface area contributed by atoms with E-state index in [1.54, 1.807) is 0 Å². The van der Waals surface area contributed by atoms with E-state index in [4.69, 9.17) is 9.47 Å². The van der Waals surface area contributed by atoms with Crippen molar-refractivity contribution in [3.8, 4) is 0 Å². The number of rotatable bonds is 5. The molecule has 0 fully saturated rings. The molecule has 2 aliphatic heterocycles. The van der Waals surface area contributed by atoms with Crippen molar-refractivity contribution in [1.29, 1.82) is 0 Å². The molecule has 2 N–H and O–H groups in total. The first-order valence-electron chi connectivity index (χ1n) is 9.19. The molecular weight excluding hydrogens is 340 g/mol. The summed E-state index contributed by atoms with van der Waals surface area (Å²) in [6.45, 7) is 4.96. The van der Waals surface area contributed by atoms with Gasteiger partial charge in [-0.15, -0.1) is 0 Å². The molecule has 0 atom stereocenters. The fraction of sp³-hybridized carbons (Fsp3) is 0.227. The van der Waals surface area contributed by atoms with Crippen LogP contribution in [0, 0.1) is 0 Å². The van der Waals surface area contributed by atoms with E-state index >= 15 is 0 Å². The molecule has 4 rings (SSSR count). The second-order valence-corrected chi connectivity index (χ2v) is 6.30. The van der Waals surface area contributed by atoms with Crippen molar-refractivity contribution in [2.45, 2.75) is 20.1 Å². The minimum absolute atomic E-state index is 0.113. The van der Waals surface area contributed by atoms with Gasteiger partial charge in [0.25, 0.3) is 5.91 Å². The van der Waals surface area contributed by atoms with Crippen LogP contribution < -0.4 is 10.6 Å². The van der Waals surface area contributed by atoms with Crippen molar-refractivity contribution in [2.24, 2.45) is 0 Å². The number of benzene rings is 2. The van der Waals surface area contributed by atoms with Crippen LogP contribution in [0.1, 0.15) is 25.0 Å². The van der Waals surface area contributed by atoms with Crippen molar-refractivity contribution < 1.29 is 14.3 Å². The number of fused-ring (bicyclic) bond motifs is 2. The molecule has 0 bridgehead atoms. The Kier molecular flexibility index (Phi) is 4.79. The lowest BCUT2D eigenvalue weighted by molar-refractivity contribution is -0.110. The Balaban J connectivity index is 1.88. The molecule has 0 saturated carbocycles. The number of hydrogen-bond acceptors (Lipinski definition) is 4. The Morgan fingerprint density at radius 2 is 1.44 bits per heavy atom. The van der Waals surface area contributed by atoms with Crippen LogP contribution in [-0.4, -0.2) is 25.4 Å². The molecule has 27 heavy (non-hydrogen) atoms. The lowest BCUT2D eigenvalue weighted by Gasteiger charge is -2.27. The van der Waals surface area contributed by atoms with E-state index in [1.807, 2.05) is 68.5 Å². The van der Waals surface area contributed by atoms with Crippen LogP contribution in [0.3, 0.4) is 0 Å². The zero-order valence-corrected chi connectivity index (χ0v) is 15.4. The first kappa shape index (κ1) is 17.5. The first-order valence-corrected chi connectivity index (χ1v) is 9.19. The Labute approximate surface area is 158 Å².